The van der Waals surface area contributed by atoms with E-state index >= 15 is 0 Å². The lowest BCUT2D eigenvalue weighted by Crippen LogP contribution is -2.22. The Hall–Kier alpha value is -1.22. The van der Waals surface area contributed by atoms with Crippen LogP contribution in [-0.2, 0) is 17.6 Å². The first-order valence-electron chi connectivity index (χ1n) is 7.77. The second-order valence-corrected chi connectivity index (χ2v) is 7.05. The van der Waals surface area contributed by atoms with E-state index in [0.29, 0.717) is 23.6 Å². The molecule has 114 valence electrons. The maximum Gasteiger partial charge on any atom is 0.225 e. The minimum atomic E-state index is -0.209. The number of hydrogen-bond donors (Lipinski definition) is 2. The Morgan fingerprint density at radius 3 is 2.95 bits per heavy atom. The summed E-state index contributed by atoms with van der Waals surface area (Å²) in [6, 6.07) is 4.54. The minimum absolute atomic E-state index is 0.0314. The second-order valence-electron chi connectivity index (χ2n) is 6.68. The molecule has 1 aromatic rings. The molecule has 21 heavy (non-hydrogen) atoms. The zero-order valence-electron chi connectivity index (χ0n) is 12.5. The van der Waals surface area contributed by atoms with Gasteiger partial charge in [-0.3, -0.25) is 4.79 Å². The van der Waals surface area contributed by atoms with Crippen LogP contribution in [0.5, 0.6) is 5.75 Å². The first-order chi connectivity index (χ1) is 9.97. The van der Waals surface area contributed by atoms with E-state index in [0.717, 1.165) is 42.5 Å². The van der Waals surface area contributed by atoms with Crippen LogP contribution in [0, 0.1) is 17.8 Å². The Morgan fingerprint density at radius 2 is 2.29 bits per heavy atom. The van der Waals surface area contributed by atoms with Gasteiger partial charge in [0.05, 0.1) is 0 Å². The number of phenolic OH excluding ortho intramolecular Hbond substituents is 1. The Bertz CT molecular complexity index is 572. The number of nitrogens with one attached hydrogen (secondary N) is 1. The molecule has 1 aliphatic carbocycles. The van der Waals surface area contributed by atoms with Crippen molar-refractivity contribution in [2.24, 2.45) is 17.8 Å². The van der Waals surface area contributed by atoms with Gasteiger partial charge in [-0.25, -0.2) is 0 Å². The van der Waals surface area contributed by atoms with Gasteiger partial charge in [0, 0.05) is 23.2 Å². The molecule has 3 rings (SSSR count). The highest BCUT2D eigenvalue weighted by atomic mass is 35.5. The highest BCUT2D eigenvalue weighted by Gasteiger charge is 2.45. The van der Waals surface area contributed by atoms with Gasteiger partial charge >= 0.3 is 0 Å². The molecule has 0 aromatic heterocycles. The normalized spacial score (nSPS) is 28.4. The van der Waals surface area contributed by atoms with E-state index in [2.05, 4.69) is 25.2 Å². The molecule has 4 atom stereocenters. The largest absolute Gasteiger partial charge is 0.507 e. The first-order valence-corrected chi connectivity index (χ1v) is 8.14. The first kappa shape index (κ1) is 14.7. The second kappa shape index (κ2) is 5.53. The number of anilines is 1. The lowest BCUT2D eigenvalue weighted by atomic mass is 9.90. The standard InChI is InChI=1S/C17H22ClNO2/c1-9(13-8-14(13)17(18)21)7-11-4-6-15-12(16(11)20)5-3-10(2)19-15/h4,6,9-10,13-14,19-20H,3,5,7-8H2,1-2H3/t9-,10-,13?,14?/m0/s1. The molecule has 1 fully saturated rings. The summed E-state index contributed by atoms with van der Waals surface area (Å²) in [6.07, 6.45) is 3.67. The molecule has 2 aliphatic rings. The molecular formula is C17H22ClNO2. The molecule has 2 N–H and O–H groups in total. The highest BCUT2D eigenvalue weighted by Crippen LogP contribution is 2.47. The number of carbonyl (C=O) groups is 1. The van der Waals surface area contributed by atoms with Crippen LogP contribution in [-0.4, -0.2) is 16.4 Å². The molecule has 4 heteroatoms. The summed E-state index contributed by atoms with van der Waals surface area (Å²) in [5.74, 6) is 1.22. The lowest BCUT2D eigenvalue weighted by Gasteiger charge is -2.26. The molecule has 0 saturated heterocycles. The van der Waals surface area contributed by atoms with E-state index < -0.39 is 0 Å². The Balaban J connectivity index is 1.73. The Kier molecular flexibility index (Phi) is 3.87. The van der Waals surface area contributed by atoms with E-state index in [1.165, 1.54) is 0 Å². The van der Waals surface area contributed by atoms with E-state index in [-0.39, 0.29) is 11.2 Å². The molecular weight excluding hydrogens is 286 g/mol. The van der Waals surface area contributed by atoms with Gasteiger partial charge in [-0.1, -0.05) is 13.0 Å². The third-order valence-electron chi connectivity index (χ3n) is 5.00. The average molecular weight is 308 g/mol. The zero-order chi connectivity index (χ0) is 15.1. The van der Waals surface area contributed by atoms with Gasteiger partial charge < -0.3 is 10.4 Å². The molecule has 0 bridgehead atoms. The lowest BCUT2D eigenvalue weighted by molar-refractivity contribution is -0.113. The van der Waals surface area contributed by atoms with Crippen molar-refractivity contribution >= 4 is 22.5 Å². The maximum atomic E-state index is 11.2. The summed E-state index contributed by atoms with van der Waals surface area (Å²) in [6.45, 7) is 4.30. The van der Waals surface area contributed by atoms with Crippen molar-refractivity contribution < 1.29 is 9.90 Å². The van der Waals surface area contributed by atoms with E-state index in [4.69, 9.17) is 11.6 Å². The van der Waals surface area contributed by atoms with Gasteiger partial charge in [0.15, 0.2) is 0 Å². The van der Waals surface area contributed by atoms with Crippen molar-refractivity contribution in [1.29, 1.82) is 0 Å². The molecule has 2 unspecified atom stereocenters. The number of aromatic hydroxyl groups is 1. The van der Waals surface area contributed by atoms with Crippen LogP contribution < -0.4 is 5.32 Å². The summed E-state index contributed by atoms with van der Waals surface area (Å²) >= 11 is 5.56. The fraction of sp³-hybridized carbons (Fsp3) is 0.588. The summed E-state index contributed by atoms with van der Waals surface area (Å²) in [4.78, 5) is 11.2. The van der Waals surface area contributed by atoms with E-state index in [1.54, 1.807) is 0 Å². The number of fused-ring (bicyclic) bond motifs is 1. The van der Waals surface area contributed by atoms with Crippen molar-refractivity contribution in [3.63, 3.8) is 0 Å². The quantitative estimate of drug-likeness (QED) is 0.834. The monoisotopic (exact) mass is 307 g/mol. The molecule has 0 amide bonds. The number of benzene rings is 1. The van der Waals surface area contributed by atoms with Crippen LogP contribution in [0.3, 0.4) is 0 Å². The number of halogens is 1. The number of hydrogen-bond acceptors (Lipinski definition) is 3. The zero-order valence-corrected chi connectivity index (χ0v) is 13.3. The van der Waals surface area contributed by atoms with E-state index in [1.807, 2.05) is 6.07 Å². The van der Waals surface area contributed by atoms with Crippen LogP contribution in [0.2, 0.25) is 0 Å². The van der Waals surface area contributed by atoms with Crippen LogP contribution in [0.15, 0.2) is 12.1 Å². The van der Waals surface area contributed by atoms with Crippen molar-refractivity contribution in [3.05, 3.63) is 23.3 Å². The highest BCUT2D eigenvalue weighted by molar-refractivity contribution is 6.64. The third kappa shape index (κ3) is 2.89. The SMILES string of the molecule is C[C@H]1CCc2c(ccc(C[C@H](C)C3CC3C(=O)Cl)c2O)N1. The predicted molar refractivity (Wildman–Crippen MR) is 84.8 cm³/mol. The molecule has 1 heterocycles. The van der Waals surface area contributed by atoms with Crippen molar-refractivity contribution in [2.45, 2.75) is 45.6 Å². The summed E-state index contributed by atoms with van der Waals surface area (Å²) in [5.41, 5.74) is 3.09. The molecule has 0 spiro atoms. The Morgan fingerprint density at radius 1 is 1.52 bits per heavy atom. The summed E-state index contributed by atoms with van der Waals surface area (Å²) < 4.78 is 0. The predicted octanol–water partition coefficient (Wildman–Crippen LogP) is 3.72. The van der Waals surface area contributed by atoms with Crippen molar-refractivity contribution in [1.82, 2.24) is 0 Å². The van der Waals surface area contributed by atoms with Gasteiger partial charge in [-0.2, -0.15) is 0 Å². The molecule has 1 aromatic carbocycles. The fourth-order valence-corrected chi connectivity index (χ4v) is 3.79. The number of carbonyl (C=O) groups excluding carboxylic acids is 1. The van der Waals surface area contributed by atoms with Crippen LogP contribution in [0.25, 0.3) is 0 Å². The third-order valence-corrected chi connectivity index (χ3v) is 5.28. The van der Waals surface area contributed by atoms with Crippen molar-refractivity contribution in [3.8, 4) is 5.75 Å². The smallest absolute Gasteiger partial charge is 0.225 e. The van der Waals surface area contributed by atoms with Crippen molar-refractivity contribution in [2.75, 3.05) is 5.32 Å². The average Bonchev–Trinajstić information content (AvgIpc) is 3.22. The van der Waals surface area contributed by atoms with Gasteiger partial charge in [-0.15, -0.1) is 0 Å². The van der Waals surface area contributed by atoms with Gasteiger partial charge in [0.2, 0.25) is 5.24 Å². The topological polar surface area (TPSA) is 49.3 Å². The van der Waals surface area contributed by atoms with Crippen LogP contribution >= 0.6 is 11.6 Å². The number of rotatable bonds is 4. The summed E-state index contributed by atoms with van der Waals surface area (Å²) in [5, 5.41) is 13.7. The maximum absolute atomic E-state index is 11.2. The molecule has 1 saturated carbocycles. The van der Waals surface area contributed by atoms with Crippen LogP contribution in [0.1, 0.15) is 37.8 Å². The van der Waals surface area contributed by atoms with Gasteiger partial charge in [0.1, 0.15) is 5.75 Å². The fourth-order valence-electron chi connectivity index (χ4n) is 3.54. The van der Waals surface area contributed by atoms with Gasteiger partial charge in [0.25, 0.3) is 0 Å². The molecule has 3 nitrogen and oxygen atoms in total. The minimum Gasteiger partial charge on any atom is -0.507 e. The Labute approximate surface area is 130 Å². The molecule has 1 aliphatic heterocycles. The number of phenols is 1. The molecule has 0 radical (unpaired) electrons. The van der Waals surface area contributed by atoms with E-state index in [9.17, 15) is 9.90 Å². The van der Waals surface area contributed by atoms with Crippen LogP contribution in [0.4, 0.5) is 5.69 Å². The van der Waals surface area contributed by atoms with Gasteiger partial charge in [-0.05, 0) is 67.7 Å². The summed E-state index contributed by atoms with van der Waals surface area (Å²) in [7, 11) is 0.